The van der Waals surface area contributed by atoms with Gasteiger partial charge in [0.25, 0.3) is 0 Å². The number of rotatable bonds is 2. The van der Waals surface area contributed by atoms with E-state index in [-0.39, 0.29) is 11.6 Å². The zero-order valence-electron chi connectivity index (χ0n) is 9.21. The van der Waals surface area contributed by atoms with Crippen LogP contribution in [0.15, 0.2) is 42.5 Å². The Morgan fingerprint density at radius 2 is 1.71 bits per heavy atom. The molecule has 0 fully saturated rings. The van der Waals surface area contributed by atoms with Gasteiger partial charge in [0.1, 0.15) is 5.82 Å². The molecule has 0 heterocycles. The Morgan fingerprint density at radius 1 is 1.06 bits per heavy atom. The molecule has 2 aromatic carbocycles. The summed E-state index contributed by atoms with van der Waals surface area (Å²) in [5.41, 5.74) is 1.89. The first-order valence-corrected chi connectivity index (χ1v) is 5.51. The van der Waals surface area contributed by atoms with Crippen LogP contribution in [0, 0.1) is 12.7 Å². The maximum atomic E-state index is 12.7. The van der Waals surface area contributed by atoms with E-state index < -0.39 is 0 Å². The molecule has 3 heteroatoms. The third-order valence-corrected chi connectivity index (χ3v) is 2.63. The SMILES string of the molecule is Cc1cc(Cl)cc(C(=O)c2ccc(F)cc2)c1. The van der Waals surface area contributed by atoms with Crippen LogP contribution in [0.25, 0.3) is 0 Å². The van der Waals surface area contributed by atoms with Crippen molar-refractivity contribution >= 4 is 17.4 Å². The smallest absolute Gasteiger partial charge is 0.193 e. The minimum atomic E-state index is -0.358. The summed E-state index contributed by atoms with van der Waals surface area (Å²) in [6.07, 6.45) is 0. The second-order valence-electron chi connectivity index (χ2n) is 3.85. The predicted molar refractivity (Wildman–Crippen MR) is 66.0 cm³/mol. The lowest BCUT2D eigenvalue weighted by Gasteiger charge is -2.03. The van der Waals surface area contributed by atoms with Gasteiger partial charge in [-0.1, -0.05) is 11.6 Å². The van der Waals surface area contributed by atoms with Crippen LogP contribution in [-0.4, -0.2) is 5.78 Å². The fraction of sp³-hybridized carbons (Fsp3) is 0.0714. The monoisotopic (exact) mass is 248 g/mol. The van der Waals surface area contributed by atoms with Crippen molar-refractivity contribution in [2.75, 3.05) is 0 Å². The molecule has 0 radical (unpaired) electrons. The van der Waals surface area contributed by atoms with Gasteiger partial charge >= 0.3 is 0 Å². The third-order valence-electron chi connectivity index (χ3n) is 2.41. The molecule has 1 nitrogen and oxygen atoms in total. The average molecular weight is 249 g/mol. The van der Waals surface area contributed by atoms with Crippen molar-refractivity contribution in [1.82, 2.24) is 0 Å². The van der Waals surface area contributed by atoms with Gasteiger partial charge < -0.3 is 0 Å². The summed E-state index contributed by atoms with van der Waals surface area (Å²) in [6, 6.07) is 10.6. The van der Waals surface area contributed by atoms with Gasteiger partial charge in [-0.05, 0) is 55.0 Å². The van der Waals surface area contributed by atoms with Gasteiger partial charge in [0.05, 0.1) is 0 Å². The third kappa shape index (κ3) is 2.71. The Hall–Kier alpha value is -1.67. The molecule has 0 aromatic heterocycles. The number of carbonyl (C=O) groups excluding carboxylic acids is 1. The lowest BCUT2D eigenvalue weighted by atomic mass is 10.0. The maximum absolute atomic E-state index is 12.7. The maximum Gasteiger partial charge on any atom is 0.193 e. The number of ketones is 1. The summed E-state index contributed by atoms with van der Waals surface area (Å²) in [5, 5.41) is 0.524. The highest BCUT2D eigenvalue weighted by Gasteiger charge is 2.10. The Kier molecular flexibility index (Phi) is 3.25. The highest BCUT2D eigenvalue weighted by molar-refractivity contribution is 6.31. The van der Waals surface area contributed by atoms with Crippen molar-refractivity contribution in [2.24, 2.45) is 0 Å². The highest BCUT2D eigenvalue weighted by Crippen LogP contribution is 2.18. The Bertz CT molecular complexity index is 541. The van der Waals surface area contributed by atoms with Gasteiger partial charge in [-0.2, -0.15) is 0 Å². The van der Waals surface area contributed by atoms with Crippen LogP contribution in [0.2, 0.25) is 5.02 Å². The van der Waals surface area contributed by atoms with Gasteiger partial charge in [0.2, 0.25) is 0 Å². The van der Waals surface area contributed by atoms with Crippen LogP contribution in [-0.2, 0) is 0 Å². The first-order valence-electron chi connectivity index (χ1n) is 5.14. The average Bonchev–Trinajstić information content (AvgIpc) is 2.28. The van der Waals surface area contributed by atoms with Gasteiger partial charge in [-0.25, -0.2) is 4.39 Å². The van der Waals surface area contributed by atoms with Gasteiger partial charge in [-0.3, -0.25) is 4.79 Å². The molecule has 0 aliphatic carbocycles. The second-order valence-corrected chi connectivity index (χ2v) is 4.29. The molecule has 86 valence electrons. The fourth-order valence-electron chi connectivity index (χ4n) is 1.64. The first-order chi connectivity index (χ1) is 8.06. The van der Waals surface area contributed by atoms with E-state index in [0.717, 1.165) is 5.56 Å². The number of hydrogen-bond acceptors (Lipinski definition) is 1. The van der Waals surface area contributed by atoms with Crippen LogP contribution < -0.4 is 0 Å². The summed E-state index contributed by atoms with van der Waals surface area (Å²) >= 11 is 5.89. The summed E-state index contributed by atoms with van der Waals surface area (Å²) in [4.78, 5) is 12.1. The molecule has 0 atom stereocenters. The van der Waals surface area contributed by atoms with Crippen LogP contribution in [0.3, 0.4) is 0 Å². The summed E-state index contributed by atoms with van der Waals surface area (Å²) < 4.78 is 12.7. The summed E-state index contributed by atoms with van der Waals surface area (Å²) in [7, 11) is 0. The van der Waals surface area contributed by atoms with Crippen molar-refractivity contribution in [3.8, 4) is 0 Å². The number of carbonyl (C=O) groups is 1. The van der Waals surface area contributed by atoms with E-state index in [4.69, 9.17) is 11.6 Å². The van der Waals surface area contributed by atoms with Crippen molar-refractivity contribution in [3.63, 3.8) is 0 Å². The van der Waals surface area contributed by atoms with Gasteiger partial charge in [0.15, 0.2) is 5.78 Å². The molecule has 2 rings (SSSR count). The topological polar surface area (TPSA) is 17.1 Å². The van der Waals surface area contributed by atoms with Crippen LogP contribution in [0.1, 0.15) is 21.5 Å². The number of aryl methyl sites for hydroxylation is 1. The molecule has 0 aliphatic rings. The van der Waals surface area contributed by atoms with E-state index in [1.54, 1.807) is 18.2 Å². The lowest BCUT2D eigenvalue weighted by Crippen LogP contribution is -2.01. The summed E-state index contributed by atoms with van der Waals surface area (Å²) in [6.45, 7) is 1.87. The van der Waals surface area contributed by atoms with Crippen LogP contribution in [0.4, 0.5) is 4.39 Å². The van der Waals surface area contributed by atoms with Gasteiger partial charge in [-0.15, -0.1) is 0 Å². The minimum Gasteiger partial charge on any atom is -0.289 e. The van der Waals surface area contributed by atoms with Crippen LogP contribution in [0.5, 0.6) is 0 Å². The molecule has 0 bridgehead atoms. The number of halogens is 2. The first kappa shape index (κ1) is 11.8. The van der Waals surface area contributed by atoms with Crippen LogP contribution >= 0.6 is 11.6 Å². The van der Waals surface area contributed by atoms with Crippen molar-refractivity contribution in [2.45, 2.75) is 6.92 Å². The minimum absolute atomic E-state index is 0.157. The Labute approximate surface area is 104 Å². The molecule has 17 heavy (non-hydrogen) atoms. The second kappa shape index (κ2) is 4.68. The highest BCUT2D eigenvalue weighted by atomic mass is 35.5. The number of benzene rings is 2. The molecule has 0 N–H and O–H groups in total. The lowest BCUT2D eigenvalue weighted by molar-refractivity contribution is 0.103. The zero-order chi connectivity index (χ0) is 12.4. The van der Waals surface area contributed by atoms with E-state index in [0.29, 0.717) is 16.1 Å². The molecule has 0 unspecified atom stereocenters. The van der Waals surface area contributed by atoms with Gasteiger partial charge in [0, 0.05) is 16.1 Å². The van der Waals surface area contributed by atoms with Crippen molar-refractivity contribution in [1.29, 1.82) is 0 Å². The van der Waals surface area contributed by atoms with E-state index in [1.807, 2.05) is 6.92 Å². The molecular formula is C14H10ClFO. The Morgan fingerprint density at radius 3 is 2.29 bits per heavy atom. The fourth-order valence-corrected chi connectivity index (χ4v) is 1.93. The largest absolute Gasteiger partial charge is 0.289 e. The predicted octanol–water partition coefficient (Wildman–Crippen LogP) is 4.02. The molecular weight excluding hydrogens is 239 g/mol. The van der Waals surface area contributed by atoms with E-state index in [9.17, 15) is 9.18 Å². The zero-order valence-corrected chi connectivity index (χ0v) is 9.96. The standard InChI is InChI=1S/C14H10ClFO/c1-9-6-11(8-12(15)7-9)14(17)10-2-4-13(16)5-3-10/h2-8H,1H3. The molecule has 0 aliphatic heterocycles. The molecule has 0 spiro atoms. The van der Waals surface area contributed by atoms with E-state index in [2.05, 4.69) is 0 Å². The Balaban J connectivity index is 2.40. The molecule has 0 amide bonds. The van der Waals surface area contributed by atoms with Crippen molar-refractivity contribution in [3.05, 3.63) is 70.0 Å². The number of hydrogen-bond donors (Lipinski definition) is 0. The molecule has 0 saturated carbocycles. The van der Waals surface area contributed by atoms with E-state index in [1.165, 1.54) is 24.3 Å². The summed E-state index contributed by atoms with van der Waals surface area (Å²) in [5.74, 6) is -0.514. The van der Waals surface area contributed by atoms with E-state index >= 15 is 0 Å². The normalized spacial score (nSPS) is 10.3. The quantitative estimate of drug-likeness (QED) is 0.734. The molecule has 2 aromatic rings. The van der Waals surface area contributed by atoms with Crippen molar-refractivity contribution < 1.29 is 9.18 Å². The molecule has 0 saturated heterocycles.